The summed E-state index contributed by atoms with van der Waals surface area (Å²) in [5.41, 5.74) is 5.56. The number of alkyl halides is 3. The average Bonchev–Trinajstić information content (AvgIpc) is 3.07. The molecule has 1 atom stereocenters. The number of pyridine rings is 1. The van der Waals surface area contributed by atoms with Crippen LogP contribution >= 0.6 is 0 Å². The van der Waals surface area contributed by atoms with Crippen molar-refractivity contribution in [2.45, 2.75) is 19.2 Å². The van der Waals surface area contributed by atoms with Crippen LogP contribution in [0, 0.1) is 6.92 Å². The van der Waals surface area contributed by atoms with Crippen molar-refractivity contribution >= 4 is 16.9 Å². The first-order valence-electron chi connectivity index (χ1n) is 7.79. The number of aliphatic hydroxyl groups excluding tert-OH is 1. The van der Waals surface area contributed by atoms with Crippen molar-refractivity contribution in [2.24, 2.45) is 4.99 Å². The van der Waals surface area contributed by atoms with Crippen LogP contribution < -0.4 is 16.2 Å². The molecule has 0 saturated heterocycles. The minimum atomic E-state index is -4.58. The molecule has 6 nitrogen and oxygen atoms in total. The van der Waals surface area contributed by atoms with E-state index in [0.29, 0.717) is 23.5 Å². The molecule has 0 saturated carbocycles. The third-order valence-corrected chi connectivity index (χ3v) is 3.90. The third kappa shape index (κ3) is 3.83. The predicted octanol–water partition coefficient (Wildman–Crippen LogP) is 1.65. The molecule has 1 aromatic heterocycles. The van der Waals surface area contributed by atoms with Crippen molar-refractivity contribution in [3.63, 3.8) is 0 Å². The highest BCUT2D eigenvalue weighted by Gasteiger charge is 2.34. The minimum absolute atomic E-state index is 0.00501. The number of nitrogens with zero attached hydrogens (tertiary/aromatic N) is 2. The topological polar surface area (TPSA) is 81.6 Å². The van der Waals surface area contributed by atoms with Gasteiger partial charge >= 0.3 is 6.18 Å². The van der Waals surface area contributed by atoms with E-state index in [1.165, 1.54) is 0 Å². The van der Waals surface area contributed by atoms with Crippen LogP contribution in [0.5, 0.6) is 0 Å². The number of aliphatic hydroxyl groups is 1. The molecule has 1 aliphatic rings. The Morgan fingerprint density at radius 2 is 2.16 bits per heavy atom. The summed E-state index contributed by atoms with van der Waals surface area (Å²) in [6, 6.07) is 5.98. The molecule has 4 N–H and O–H groups in total. The Morgan fingerprint density at radius 1 is 1.36 bits per heavy atom. The van der Waals surface area contributed by atoms with E-state index in [4.69, 9.17) is 0 Å². The highest BCUT2D eigenvalue weighted by molar-refractivity contribution is 5.85. The monoisotopic (exact) mass is 353 g/mol. The van der Waals surface area contributed by atoms with Gasteiger partial charge < -0.3 is 10.4 Å². The zero-order chi connectivity index (χ0) is 18.0. The number of halogens is 3. The highest BCUT2D eigenvalue weighted by atomic mass is 19.4. The number of fused-ring (bicyclic) bond motifs is 1. The van der Waals surface area contributed by atoms with Crippen molar-refractivity contribution in [1.29, 1.82) is 0 Å². The Labute approximate surface area is 142 Å². The molecule has 9 heteroatoms. The summed E-state index contributed by atoms with van der Waals surface area (Å²) >= 11 is 0. The molecule has 0 aliphatic carbocycles. The summed E-state index contributed by atoms with van der Waals surface area (Å²) in [5.74, 6) is 0.540. The number of para-hydroxylation sites is 1. The Hall–Kier alpha value is -2.39. The number of rotatable bonds is 4. The summed E-state index contributed by atoms with van der Waals surface area (Å²) in [5, 5.41) is 13.9. The lowest BCUT2D eigenvalue weighted by molar-refractivity contribution is -0.141. The van der Waals surface area contributed by atoms with Crippen LogP contribution in [0.2, 0.25) is 0 Å². The first kappa shape index (κ1) is 17.4. The van der Waals surface area contributed by atoms with Gasteiger partial charge in [-0.25, -0.2) is 10.4 Å². The van der Waals surface area contributed by atoms with Crippen LogP contribution in [0.4, 0.5) is 13.2 Å². The van der Waals surface area contributed by atoms with Gasteiger partial charge in [0, 0.05) is 18.5 Å². The van der Waals surface area contributed by atoms with Gasteiger partial charge in [0.2, 0.25) is 5.96 Å². The van der Waals surface area contributed by atoms with E-state index in [0.717, 1.165) is 12.6 Å². The van der Waals surface area contributed by atoms with Crippen molar-refractivity contribution < 1.29 is 18.3 Å². The number of aliphatic imine (C=N–C) groups is 1. The number of aryl methyl sites for hydroxylation is 1. The summed E-state index contributed by atoms with van der Waals surface area (Å²) in [6.45, 7) is 3.06. The molecule has 0 radical (unpaired) electrons. The quantitative estimate of drug-likeness (QED) is 0.629. The summed E-state index contributed by atoms with van der Waals surface area (Å²) < 4.78 is 39.5. The number of benzene rings is 1. The molecule has 0 spiro atoms. The van der Waals surface area contributed by atoms with Gasteiger partial charge in [0.25, 0.3) is 0 Å². The SMILES string of the molecule is Cc1cccc2c(C(O)CNNC3=NCCN3)cc(C(F)(F)F)nc12. The van der Waals surface area contributed by atoms with E-state index in [2.05, 4.69) is 26.1 Å². The third-order valence-electron chi connectivity index (χ3n) is 3.90. The van der Waals surface area contributed by atoms with Crippen molar-refractivity contribution in [3.05, 3.63) is 41.1 Å². The molecule has 25 heavy (non-hydrogen) atoms. The van der Waals surface area contributed by atoms with E-state index in [9.17, 15) is 18.3 Å². The molecule has 1 aliphatic heterocycles. The maximum Gasteiger partial charge on any atom is 0.433 e. The molecular formula is C16H18F3N5O. The van der Waals surface area contributed by atoms with Crippen molar-refractivity contribution in [2.75, 3.05) is 19.6 Å². The zero-order valence-electron chi connectivity index (χ0n) is 13.5. The van der Waals surface area contributed by atoms with Gasteiger partial charge in [0.05, 0.1) is 18.2 Å². The summed E-state index contributed by atoms with van der Waals surface area (Å²) in [6.07, 6.45) is -5.73. The Bertz CT molecular complexity index is 806. The van der Waals surface area contributed by atoms with Gasteiger partial charge in [0.1, 0.15) is 5.69 Å². The second-order valence-corrected chi connectivity index (χ2v) is 5.74. The lowest BCUT2D eigenvalue weighted by atomic mass is 10.0. The molecule has 134 valence electrons. The lowest BCUT2D eigenvalue weighted by Gasteiger charge is -2.18. The molecule has 0 fully saturated rings. The highest BCUT2D eigenvalue weighted by Crippen LogP contribution is 2.33. The van der Waals surface area contributed by atoms with Crippen molar-refractivity contribution in [3.8, 4) is 0 Å². The van der Waals surface area contributed by atoms with E-state index in [1.54, 1.807) is 25.1 Å². The maximum absolute atomic E-state index is 13.2. The number of nitrogens with one attached hydrogen (secondary N) is 3. The molecule has 1 aromatic carbocycles. The number of hydrogen-bond donors (Lipinski definition) is 4. The fourth-order valence-electron chi connectivity index (χ4n) is 2.66. The van der Waals surface area contributed by atoms with Crippen LogP contribution in [0.25, 0.3) is 10.9 Å². The van der Waals surface area contributed by atoms with E-state index in [-0.39, 0.29) is 17.6 Å². The van der Waals surface area contributed by atoms with Gasteiger partial charge in [-0.05, 0) is 24.1 Å². The maximum atomic E-state index is 13.2. The van der Waals surface area contributed by atoms with E-state index >= 15 is 0 Å². The fraction of sp³-hybridized carbons (Fsp3) is 0.375. The Morgan fingerprint density at radius 3 is 2.84 bits per heavy atom. The smallest absolute Gasteiger partial charge is 0.387 e. The molecule has 3 rings (SSSR count). The first-order chi connectivity index (χ1) is 11.9. The normalized spacial score (nSPS) is 15.8. The molecular weight excluding hydrogens is 335 g/mol. The van der Waals surface area contributed by atoms with Gasteiger partial charge in [-0.3, -0.25) is 10.4 Å². The number of hydrazine groups is 1. The molecule has 0 bridgehead atoms. The first-order valence-corrected chi connectivity index (χ1v) is 7.79. The van der Waals surface area contributed by atoms with Crippen LogP contribution in [0.3, 0.4) is 0 Å². The van der Waals surface area contributed by atoms with Gasteiger partial charge in [-0.15, -0.1) is 0 Å². The second kappa shape index (κ2) is 6.85. The predicted molar refractivity (Wildman–Crippen MR) is 87.9 cm³/mol. The fourth-order valence-corrected chi connectivity index (χ4v) is 2.66. The average molecular weight is 353 g/mol. The number of guanidine groups is 1. The Kier molecular flexibility index (Phi) is 4.78. The largest absolute Gasteiger partial charge is 0.433 e. The summed E-state index contributed by atoms with van der Waals surface area (Å²) in [7, 11) is 0. The zero-order valence-corrected chi connectivity index (χ0v) is 13.5. The van der Waals surface area contributed by atoms with Gasteiger partial charge in [-0.1, -0.05) is 18.2 Å². The van der Waals surface area contributed by atoms with Crippen LogP contribution in [-0.4, -0.2) is 35.7 Å². The van der Waals surface area contributed by atoms with Gasteiger partial charge in [0.15, 0.2) is 0 Å². The Balaban J connectivity index is 1.89. The second-order valence-electron chi connectivity index (χ2n) is 5.74. The van der Waals surface area contributed by atoms with Gasteiger partial charge in [-0.2, -0.15) is 13.2 Å². The van der Waals surface area contributed by atoms with Crippen LogP contribution in [-0.2, 0) is 6.18 Å². The van der Waals surface area contributed by atoms with E-state index in [1.807, 2.05) is 0 Å². The van der Waals surface area contributed by atoms with Crippen LogP contribution in [0.15, 0.2) is 29.3 Å². The molecule has 2 aromatic rings. The van der Waals surface area contributed by atoms with Crippen molar-refractivity contribution in [1.82, 2.24) is 21.2 Å². The van der Waals surface area contributed by atoms with E-state index < -0.39 is 18.0 Å². The lowest BCUT2D eigenvalue weighted by Crippen LogP contribution is -2.44. The van der Waals surface area contributed by atoms with Crippen LogP contribution in [0.1, 0.15) is 22.9 Å². The standard InChI is InChI=1S/C16H18F3N5O/c1-9-3-2-4-10-11(7-13(16(17,18)19)23-14(9)10)12(25)8-22-24-15-20-5-6-21-15/h2-4,7,12,22,25H,5-6,8H2,1H3,(H2,20,21,24). The molecule has 2 heterocycles. The molecule has 0 amide bonds. The summed E-state index contributed by atoms with van der Waals surface area (Å²) in [4.78, 5) is 7.84. The number of hydrogen-bond acceptors (Lipinski definition) is 6. The number of aromatic nitrogens is 1. The minimum Gasteiger partial charge on any atom is -0.387 e. The molecule has 1 unspecified atom stereocenters.